The number of nitro benzene ring substituents is 1. The van der Waals surface area contributed by atoms with Crippen molar-refractivity contribution in [2.24, 2.45) is 5.10 Å². The smallest absolute Gasteiger partial charge is 0.350 e. The predicted octanol–water partition coefficient (Wildman–Crippen LogP) is 2.69. The van der Waals surface area contributed by atoms with Crippen LogP contribution in [0.15, 0.2) is 23.3 Å². The average Bonchev–Trinajstić information content (AvgIpc) is 2.90. The molecule has 0 aliphatic heterocycles. The fourth-order valence-electron chi connectivity index (χ4n) is 1.76. The fourth-order valence-corrected chi connectivity index (χ4v) is 2.57. The molecule has 0 aliphatic rings. The number of hydrogen-bond donors (Lipinski definition) is 2. The summed E-state index contributed by atoms with van der Waals surface area (Å²) in [5.74, 6) is -0.863. The topological polar surface area (TPSA) is 127 Å². The number of thiazole rings is 1. The molecule has 9 nitrogen and oxygen atoms in total. The number of hydrogen-bond acceptors (Lipinski definition) is 9. The first-order chi connectivity index (χ1) is 11.4. The van der Waals surface area contributed by atoms with Crippen molar-refractivity contribution < 1.29 is 19.6 Å². The number of carbonyl (C=O) groups excluding carboxylic acids is 1. The van der Waals surface area contributed by atoms with Crippen LogP contribution in [0.2, 0.25) is 0 Å². The molecule has 0 spiro atoms. The van der Waals surface area contributed by atoms with Gasteiger partial charge in [0.2, 0.25) is 5.13 Å². The number of aromatic hydroxyl groups is 1. The molecular weight excluding hydrogens is 336 g/mol. The molecule has 2 aromatic rings. The quantitative estimate of drug-likeness (QED) is 0.355. The number of benzene rings is 1. The number of esters is 1. The number of aromatic nitrogens is 1. The van der Waals surface area contributed by atoms with Crippen LogP contribution in [0.5, 0.6) is 5.75 Å². The largest absolute Gasteiger partial charge is 0.502 e. The Labute approximate surface area is 140 Å². The molecule has 0 unspecified atom stereocenters. The number of rotatable bonds is 6. The second-order valence-electron chi connectivity index (χ2n) is 4.53. The monoisotopic (exact) mass is 350 g/mol. The second kappa shape index (κ2) is 7.51. The van der Waals surface area contributed by atoms with Crippen LogP contribution in [0.25, 0.3) is 0 Å². The Balaban J connectivity index is 2.10. The molecule has 2 N–H and O–H groups in total. The molecule has 24 heavy (non-hydrogen) atoms. The van der Waals surface area contributed by atoms with Crippen LogP contribution in [0.3, 0.4) is 0 Å². The third-order valence-electron chi connectivity index (χ3n) is 2.83. The van der Waals surface area contributed by atoms with Crippen molar-refractivity contribution in [2.45, 2.75) is 13.8 Å². The third-order valence-corrected chi connectivity index (χ3v) is 3.87. The number of ether oxygens (including phenoxy) is 1. The summed E-state index contributed by atoms with van der Waals surface area (Å²) in [5, 5.41) is 24.5. The summed E-state index contributed by atoms with van der Waals surface area (Å²) >= 11 is 1.09. The van der Waals surface area contributed by atoms with Gasteiger partial charge in [-0.15, -0.1) is 0 Å². The Morgan fingerprint density at radius 3 is 3.00 bits per heavy atom. The molecule has 0 atom stereocenters. The van der Waals surface area contributed by atoms with Gasteiger partial charge in [-0.05, 0) is 26.0 Å². The van der Waals surface area contributed by atoms with Crippen LogP contribution in [-0.2, 0) is 4.74 Å². The van der Waals surface area contributed by atoms with Crippen molar-refractivity contribution in [3.05, 3.63) is 44.4 Å². The lowest BCUT2D eigenvalue weighted by molar-refractivity contribution is -0.385. The standard InChI is InChI=1S/C14H14N4O5S/c1-3-23-13(20)12-8(2)16-14(24-12)17-15-7-9-4-5-11(19)10(6-9)18(21)22/h4-7,19H,3H2,1-2H3,(H,16,17)/b15-7-. The molecule has 1 aromatic heterocycles. The Hall–Kier alpha value is -3.01. The number of hydrazone groups is 1. The van der Waals surface area contributed by atoms with E-state index in [0.29, 0.717) is 21.3 Å². The lowest BCUT2D eigenvalue weighted by atomic mass is 10.2. The van der Waals surface area contributed by atoms with Gasteiger partial charge in [-0.1, -0.05) is 11.3 Å². The lowest BCUT2D eigenvalue weighted by Gasteiger charge is -1.98. The first-order valence-corrected chi connectivity index (χ1v) is 7.65. The molecule has 0 radical (unpaired) electrons. The van der Waals surface area contributed by atoms with Crippen LogP contribution >= 0.6 is 11.3 Å². The average molecular weight is 350 g/mol. The van der Waals surface area contributed by atoms with E-state index in [1.165, 1.54) is 24.4 Å². The van der Waals surface area contributed by atoms with Crippen molar-refractivity contribution in [3.8, 4) is 5.75 Å². The maximum Gasteiger partial charge on any atom is 0.350 e. The van der Waals surface area contributed by atoms with Crippen LogP contribution < -0.4 is 5.43 Å². The van der Waals surface area contributed by atoms with Crippen molar-refractivity contribution >= 4 is 34.3 Å². The molecule has 0 aliphatic carbocycles. The van der Waals surface area contributed by atoms with E-state index in [2.05, 4.69) is 15.5 Å². The van der Waals surface area contributed by atoms with Gasteiger partial charge in [0.15, 0.2) is 5.75 Å². The SMILES string of the molecule is CCOC(=O)c1sc(N/N=C\c2ccc(O)c([N+](=O)[O-])c2)nc1C. The van der Waals surface area contributed by atoms with Gasteiger partial charge in [-0.25, -0.2) is 9.78 Å². The number of nitro groups is 1. The van der Waals surface area contributed by atoms with Crippen molar-refractivity contribution in [2.75, 3.05) is 12.0 Å². The predicted molar refractivity (Wildman–Crippen MR) is 88.8 cm³/mol. The minimum Gasteiger partial charge on any atom is -0.502 e. The molecule has 0 saturated heterocycles. The van der Waals surface area contributed by atoms with Gasteiger partial charge in [0.25, 0.3) is 0 Å². The highest BCUT2D eigenvalue weighted by Crippen LogP contribution is 2.26. The summed E-state index contributed by atoms with van der Waals surface area (Å²) in [6.45, 7) is 3.67. The van der Waals surface area contributed by atoms with E-state index in [4.69, 9.17) is 4.74 Å². The second-order valence-corrected chi connectivity index (χ2v) is 5.53. The van der Waals surface area contributed by atoms with Gasteiger partial charge in [-0.2, -0.15) is 5.10 Å². The molecule has 0 saturated carbocycles. The lowest BCUT2D eigenvalue weighted by Crippen LogP contribution is -2.03. The Morgan fingerprint density at radius 1 is 1.58 bits per heavy atom. The van der Waals surface area contributed by atoms with Crippen LogP contribution in [0, 0.1) is 17.0 Å². The van der Waals surface area contributed by atoms with Gasteiger partial charge in [0, 0.05) is 11.6 Å². The maximum absolute atomic E-state index is 11.7. The molecule has 126 valence electrons. The number of nitrogens with one attached hydrogen (secondary N) is 1. The van der Waals surface area contributed by atoms with E-state index in [1.807, 2.05) is 0 Å². The number of phenols is 1. The zero-order chi connectivity index (χ0) is 17.7. The van der Waals surface area contributed by atoms with E-state index < -0.39 is 22.3 Å². The minimum atomic E-state index is -0.685. The number of aryl methyl sites for hydroxylation is 1. The van der Waals surface area contributed by atoms with E-state index >= 15 is 0 Å². The van der Waals surface area contributed by atoms with Gasteiger partial charge in [0.05, 0.1) is 23.4 Å². The summed E-state index contributed by atoms with van der Waals surface area (Å²) < 4.78 is 4.92. The van der Waals surface area contributed by atoms with E-state index in [1.54, 1.807) is 13.8 Å². The third kappa shape index (κ3) is 4.04. The number of phenolic OH excluding ortho intramolecular Hbond substituents is 1. The molecule has 1 heterocycles. The van der Waals surface area contributed by atoms with E-state index in [9.17, 15) is 20.0 Å². The summed E-state index contributed by atoms with van der Waals surface area (Å²) in [5.41, 5.74) is 3.19. The van der Waals surface area contributed by atoms with Gasteiger partial charge in [-0.3, -0.25) is 15.5 Å². The number of anilines is 1. The highest BCUT2D eigenvalue weighted by Gasteiger charge is 2.16. The highest BCUT2D eigenvalue weighted by molar-refractivity contribution is 7.17. The summed E-state index contributed by atoms with van der Waals surface area (Å²) in [6, 6.07) is 3.88. The van der Waals surface area contributed by atoms with Crippen molar-refractivity contribution in [3.63, 3.8) is 0 Å². The normalized spacial score (nSPS) is 10.8. The van der Waals surface area contributed by atoms with Crippen LogP contribution in [-0.4, -0.2) is 33.8 Å². The van der Waals surface area contributed by atoms with Crippen molar-refractivity contribution in [1.82, 2.24) is 4.98 Å². The minimum absolute atomic E-state index is 0.275. The van der Waals surface area contributed by atoms with Crippen LogP contribution in [0.1, 0.15) is 27.9 Å². The van der Waals surface area contributed by atoms with E-state index in [-0.39, 0.29) is 6.61 Å². The first-order valence-electron chi connectivity index (χ1n) is 6.83. The van der Waals surface area contributed by atoms with Crippen molar-refractivity contribution in [1.29, 1.82) is 0 Å². The molecular formula is C14H14N4O5S. The molecule has 10 heteroatoms. The van der Waals surface area contributed by atoms with Gasteiger partial charge in [0.1, 0.15) is 4.88 Å². The summed E-state index contributed by atoms with van der Waals surface area (Å²) in [4.78, 5) is 26.3. The molecule has 0 amide bonds. The number of carbonyl (C=O) groups is 1. The summed E-state index contributed by atoms with van der Waals surface area (Å²) in [7, 11) is 0. The Bertz CT molecular complexity index is 802. The Morgan fingerprint density at radius 2 is 2.33 bits per heavy atom. The van der Waals surface area contributed by atoms with E-state index in [0.717, 1.165) is 11.3 Å². The fraction of sp³-hybridized carbons (Fsp3) is 0.214. The highest BCUT2D eigenvalue weighted by atomic mass is 32.1. The zero-order valence-corrected chi connectivity index (χ0v) is 13.7. The number of nitrogens with zero attached hydrogens (tertiary/aromatic N) is 3. The van der Waals surface area contributed by atoms with Gasteiger partial charge < -0.3 is 9.84 Å². The summed E-state index contributed by atoms with van der Waals surface area (Å²) in [6.07, 6.45) is 1.34. The van der Waals surface area contributed by atoms with Gasteiger partial charge >= 0.3 is 11.7 Å². The zero-order valence-electron chi connectivity index (χ0n) is 12.8. The molecule has 1 aromatic carbocycles. The van der Waals surface area contributed by atoms with Crippen LogP contribution in [0.4, 0.5) is 10.8 Å². The molecule has 0 bridgehead atoms. The Kier molecular flexibility index (Phi) is 5.42. The maximum atomic E-state index is 11.7. The molecule has 0 fully saturated rings. The molecule has 2 rings (SSSR count). The first kappa shape index (κ1) is 17.3.